The molecule has 2 unspecified atom stereocenters. The van der Waals surface area contributed by atoms with E-state index in [1.807, 2.05) is 0 Å². The molecule has 112 valence electrons. The molecule has 0 spiro atoms. The Labute approximate surface area is 124 Å². The molecule has 2 rings (SSSR count). The lowest BCUT2D eigenvalue weighted by Gasteiger charge is -2.19. The largest absolute Gasteiger partial charge is 0.494 e. The van der Waals surface area contributed by atoms with Crippen LogP contribution < -0.4 is 15.8 Å². The van der Waals surface area contributed by atoms with Gasteiger partial charge in [-0.05, 0) is 43.5 Å². The van der Waals surface area contributed by atoms with E-state index in [0.717, 1.165) is 19.3 Å². The second-order valence-corrected chi connectivity index (χ2v) is 4.86. The lowest BCUT2D eigenvalue weighted by molar-refractivity contribution is 0.0928. The van der Waals surface area contributed by atoms with Crippen molar-refractivity contribution >= 4 is 18.3 Å². The highest BCUT2D eigenvalue weighted by molar-refractivity contribution is 5.94. The SMILES string of the molecule is COc1cc(C(=O)NC2CCCC2CN)ccc1F.Cl. The summed E-state index contributed by atoms with van der Waals surface area (Å²) in [6.45, 7) is 0.581. The van der Waals surface area contributed by atoms with Gasteiger partial charge in [-0.2, -0.15) is 0 Å². The number of nitrogens with one attached hydrogen (secondary N) is 1. The quantitative estimate of drug-likeness (QED) is 0.895. The van der Waals surface area contributed by atoms with E-state index in [1.165, 1.54) is 25.3 Å². The lowest BCUT2D eigenvalue weighted by atomic mass is 10.0. The van der Waals surface area contributed by atoms with Gasteiger partial charge in [0.05, 0.1) is 7.11 Å². The Morgan fingerprint density at radius 2 is 2.25 bits per heavy atom. The van der Waals surface area contributed by atoms with Gasteiger partial charge >= 0.3 is 0 Å². The average molecular weight is 303 g/mol. The van der Waals surface area contributed by atoms with Gasteiger partial charge in [-0.15, -0.1) is 12.4 Å². The minimum atomic E-state index is -0.472. The number of halogens is 2. The van der Waals surface area contributed by atoms with Crippen LogP contribution in [0.2, 0.25) is 0 Å². The molecular weight excluding hydrogens is 283 g/mol. The van der Waals surface area contributed by atoms with Crippen molar-refractivity contribution in [1.29, 1.82) is 0 Å². The summed E-state index contributed by atoms with van der Waals surface area (Å²) in [6, 6.07) is 4.23. The van der Waals surface area contributed by atoms with Crippen LogP contribution in [0.25, 0.3) is 0 Å². The number of carbonyl (C=O) groups is 1. The number of amides is 1. The van der Waals surface area contributed by atoms with Gasteiger partial charge in [-0.3, -0.25) is 4.79 Å². The zero-order valence-electron chi connectivity index (χ0n) is 11.4. The molecule has 2 atom stereocenters. The molecule has 4 nitrogen and oxygen atoms in total. The topological polar surface area (TPSA) is 64.3 Å². The van der Waals surface area contributed by atoms with E-state index in [-0.39, 0.29) is 30.1 Å². The van der Waals surface area contributed by atoms with Gasteiger partial charge in [-0.1, -0.05) is 6.42 Å². The van der Waals surface area contributed by atoms with Crippen molar-refractivity contribution in [1.82, 2.24) is 5.32 Å². The third-order valence-electron chi connectivity index (χ3n) is 3.69. The molecule has 1 aliphatic rings. The highest BCUT2D eigenvalue weighted by atomic mass is 35.5. The fraction of sp³-hybridized carbons (Fsp3) is 0.500. The van der Waals surface area contributed by atoms with E-state index >= 15 is 0 Å². The number of carbonyl (C=O) groups excluding carboxylic acids is 1. The standard InChI is InChI=1S/C14H19FN2O2.ClH/c1-19-13-7-9(5-6-11(13)15)14(18)17-12-4-2-3-10(12)8-16;/h5-7,10,12H,2-4,8,16H2,1H3,(H,17,18);1H. The summed E-state index contributed by atoms with van der Waals surface area (Å²) in [7, 11) is 1.38. The zero-order valence-corrected chi connectivity index (χ0v) is 12.2. The van der Waals surface area contributed by atoms with E-state index in [2.05, 4.69) is 5.32 Å². The van der Waals surface area contributed by atoms with Crippen LogP contribution in [0.15, 0.2) is 18.2 Å². The van der Waals surface area contributed by atoms with E-state index in [9.17, 15) is 9.18 Å². The van der Waals surface area contributed by atoms with Crippen molar-refractivity contribution in [3.63, 3.8) is 0 Å². The van der Waals surface area contributed by atoms with Crippen LogP contribution in [0.3, 0.4) is 0 Å². The normalized spacial score (nSPS) is 21.1. The Kier molecular flexibility index (Phi) is 6.23. The maximum absolute atomic E-state index is 13.3. The van der Waals surface area contributed by atoms with Crippen LogP contribution in [-0.2, 0) is 0 Å². The molecule has 0 aliphatic heterocycles. The van der Waals surface area contributed by atoms with Crippen LogP contribution >= 0.6 is 12.4 Å². The Balaban J connectivity index is 0.00000200. The molecule has 0 radical (unpaired) electrons. The van der Waals surface area contributed by atoms with Crippen LogP contribution in [0, 0.1) is 11.7 Å². The molecule has 1 aromatic rings. The summed E-state index contributed by atoms with van der Waals surface area (Å²) in [4.78, 5) is 12.1. The van der Waals surface area contributed by atoms with Crippen LogP contribution in [0.4, 0.5) is 4.39 Å². The summed E-state index contributed by atoms with van der Waals surface area (Å²) in [5.74, 6) is -0.260. The van der Waals surface area contributed by atoms with Crippen molar-refractivity contribution in [2.24, 2.45) is 11.7 Å². The van der Waals surface area contributed by atoms with Crippen LogP contribution in [0.5, 0.6) is 5.75 Å². The molecule has 1 fully saturated rings. The summed E-state index contributed by atoms with van der Waals surface area (Å²) >= 11 is 0. The Morgan fingerprint density at radius 3 is 2.90 bits per heavy atom. The molecule has 3 N–H and O–H groups in total. The number of rotatable bonds is 4. The van der Waals surface area contributed by atoms with E-state index in [0.29, 0.717) is 18.0 Å². The molecule has 0 heterocycles. The number of hydrogen-bond acceptors (Lipinski definition) is 3. The molecule has 1 aromatic carbocycles. The smallest absolute Gasteiger partial charge is 0.251 e. The van der Waals surface area contributed by atoms with Crippen LogP contribution in [-0.4, -0.2) is 25.6 Å². The van der Waals surface area contributed by atoms with Gasteiger partial charge in [0.15, 0.2) is 11.6 Å². The van der Waals surface area contributed by atoms with Gasteiger partial charge < -0.3 is 15.8 Å². The maximum Gasteiger partial charge on any atom is 0.251 e. The number of hydrogen-bond donors (Lipinski definition) is 2. The van der Waals surface area contributed by atoms with Crippen molar-refractivity contribution in [2.75, 3.05) is 13.7 Å². The summed E-state index contributed by atoms with van der Waals surface area (Å²) < 4.78 is 18.2. The first-order valence-corrected chi connectivity index (χ1v) is 6.50. The average Bonchev–Trinajstić information content (AvgIpc) is 2.86. The van der Waals surface area contributed by atoms with Gasteiger partial charge in [0.1, 0.15) is 0 Å². The summed E-state index contributed by atoms with van der Waals surface area (Å²) in [5, 5.41) is 2.97. The van der Waals surface area contributed by atoms with Gasteiger partial charge in [-0.25, -0.2) is 4.39 Å². The van der Waals surface area contributed by atoms with Crippen molar-refractivity contribution in [3.8, 4) is 5.75 Å². The van der Waals surface area contributed by atoms with Crippen molar-refractivity contribution in [2.45, 2.75) is 25.3 Å². The van der Waals surface area contributed by atoms with Crippen molar-refractivity contribution in [3.05, 3.63) is 29.6 Å². The van der Waals surface area contributed by atoms with Gasteiger partial charge in [0.25, 0.3) is 5.91 Å². The van der Waals surface area contributed by atoms with Crippen LogP contribution in [0.1, 0.15) is 29.6 Å². The van der Waals surface area contributed by atoms with Gasteiger partial charge in [0, 0.05) is 11.6 Å². The second kappa shape index (κ2) is 7.45. The van der Waals surface area contributed by atoms with Gasteiger partial charge in [0.2, 0.25) is 0 Å². The first-order valence-electron chi connectivity index (χ1n) is 6.50. The molecule has 1 aliphatic carbocycles. The predicted octanol–water partition coefficient (Wildman–Crippen LogP) is 2.11. The lowest BCUT2D eigenvalue weighted by Crippen LogP contribution is -2.39. The molecule has 0 saturated heterocycles. The van der Waals surface area contributed by atoms with E-state index < -0.39 is 5.82 Å². The fourth-order valence-electron chi connectivity index (χ4n) is 2.56. The minimum Gasteiger partial charge on any atom is -0.494 e. The Morgan fingerprint density at radius 1 is 1.50 bits per heavy atom. The number of methoxy groups -OCH3 is 1. The molecule has 0 aromatic heterocycles. The first-order chi connectivity index (χ1) is 9.15. The third-order valence-corrected chi connectivity index (χ3v) is 3.69. The molecule has 20 heavy (non-hydrogen) atoms. The number of ether oxygens (including phenoxy) is 1. The van der Waals surface area contributed by atoms with Crippen molar-refractivity contribution < 1.29 is 13.9 Å². The second-order valence-electron chi connectivity index (χ2n) is 4.86. The summed E-state index contributed by atoms with van der Waals surface area (Å²) in [6.07, 6.45) is 3.08. The van der Waals surface area contributed by atoms with E-state index in [1.54, 1.807) is 0 Å². The number of nitrogens with two attached hydrogens (primary N) is 1. The number of benzene rings is 1. The molecule has 0 bridgehead atoms. The third kappa shape index (κ3) is 3.61. The predicted molar refractivity (Wildman–Crippen MR) is 77.8 cm³/mol. The highest BCUT2D eigenvalue weighted by Crippen LogP contribution is 2.25. The highest BCUT2D eigenvalue weighted by Gasteiger charge is 2.27. The molecule has 6 heteroatoms. The Bertz CT molecular complexity index is 470. The minimum absolute atomic E-state index is 0. The first kappa shape index (κ1) is 16.7. The Hall–Kier alpha value is -1.33. The summed E-state index contributed by atoms with van der Waals surface area (Å²) in [5.41, 5.74) is 6.09. The maximum atomic E-state index is 13.3. The molecular formula is C14H20ClFN2O2. The monoisotopic (exact) mass is 302 g/mol. The van der Waals surface area contributed by atoms with E-state index in [4.69, 9.17) is 10.5 Å². The molecule has 1 saturated carbocycles. The zero-order chi connectivity index (χ0) is 13.8. The fourth-order valence-corrected chi connectivity index (χ4v) is 2.56. The molecule has 1 amide bonds.